The van der Waals surface area contributed by atoms with E-state index >= 15 is 0 Å². The first-order valence-electron chi connectivity index (χ1n) is 13.5. The van der Waals surface area contributed by atoms with E-state index < -0.39 is 11.8 Å². The Bertz CT molecular complexity index is 1430. The highest BCUT2D eigenvalue weighted by atomic mass is 35.5. The number of piperidine rings is 1. The number of hydrogen-bond acceptors (Lipinski definition) is 7. The van der Waals surface area contributed by atoms with Gasteiger partial charge in [-0.05, 0) is 53.3 Å². The molecule has 40 heavy (non-hydrogen) atoms. The van der Waals surface area contributed by atoms with E-state index in [-0.39, 0.29) is 0 Å². The van der Waals surface area contributed by atoms with E-state index in [2.05, 4.69) is 46.0 Å². The molecule has 2 aromatic heterocycles. The molecule has 3 heterocycles. The van der Waals surface area contributed by atoms with E-state index in [1.54, 1.807) is 12.4 Å². The van der Waals surface area contributed by atoms with Crippen LogP contribution in [0.4, 0.5) is 4.79 Å². The molecule has 1 N–H and O–H groups in total. The summed E-state index contributed by atoms with van der Waals surface area (Å²) in [5.74, 6) is 1.48. The van der Waals surface area contributed by atoms with Gasteiger partial charge in [-0.25, -0.2) is 4.79 Å². The number of benzene rings is 2. The Labute approximate surface area is 239 Å². The van der Waals surface area contributed by atoms with Gasteiger partial charge in [0.15, 0.2) is 0 Å². The maximum Gasteiger partial charge on any atom is 0.506 e. The van der Waals surface area contributed by atoms with Crippen molar-refractivity contribution < 1.29 is 19.2 Å². The van der Waals surface area contributed by atoms with Crippen LogP contribution in [0.1, 0.15) is 43.4 Å². The van der Waals surface area contributed by atoms with Crippen molar-refractivity contribution in [3.05, 3.63) is 88.7 Å². The first-order chi connectivity index (χ1) is 19.3. The van der Waals surface area contributed by atoms with E-state index in [0.29, 0.717) is 41.9 Å². The molecule has 1 saturated heterocycles. The Balaban J connectivity index is 1.20. The predicted octanol–water partition coefficient (Wildman–Crippen LogP) is 6.92. The lowest BCUT2D eigenvalue weighted by molar-refractivity contribution is -0.0570. The van der Waals surface area contributed by atoms with E-state index in [1.165, 1.54) is 0 Å². The van der Waals surface area contributed by atoms with Gasteiger partial charge in [0, 0.05) is 67.4 Å². The van der Waals surface area contributed by atoms with Gasteiger partial charge in [-0.1, -0.05) is 60.9 Å². The standard InChI is InChI=1S/C31H33ClN4O4/c1-21(2)17-25-7-8-26(18-27(25)32)29-34-28(35-40-29)24-5-3-23(4-6-24)20-36-15-11-31(12-16-36,39-30(37)38)19-22-9-13-33-14-10-22/h3-10,13-14,18,21H,11-12,15-17,19-20H2,1-2H3,(H,37,38). The topological polar surface area (TPSA) is 102 Å². The minimum atomic E-state index is -1.23. The number of ether oxygens (including phenoxy) is 1. The maximum absolute atomic E-state index is 11.5. The molecule has 1 fully saturated rings. The van der Waals surface area contributed by atoms with Gasteiger partial charge in [0.25, 0.3) is 5.89 Å². The lowest BCUT2D eigenvalue weighted by Gasteiger charge is -2.40. The molecule has 0 unspecified atom stereocenters. The fraction of sp³-hybridized carbons (Fsp3) is 0.355. The highest BCUT2D eigenvalue weighted by Gasteiger charge is 2.38. The Morgan fingerprint density at radius 2 is 1.75 bits per heavy atom. The van der Waals surface area contributed by atoms with Crippen LogP contribution >= 0.6 is 11.6 Å². The number of halogens is 1. The van der Waals surface area contributed by atoms with Gasteiger partial charge < -0.3 is 14.4 Å². The van der Waals surface area contributed by atoms with Crippen LogP contribution in [0, 0.1) is 5.92 Å². The van der Waals surface area contributed by atoms with Crippen molar-refractivity contribution in [2.45, 2.75) is 51.7 Å². The molecule has 1 aliphatic rings. The lowest BCUT2D eigenvalue weighted by atomic mass is 9.85. The predicted molar refractivity (Wildman–Crippen MR) is 153 cm³/mol. The molecule has 2 aromatic carbocycles. The maximum atomic E-state index is 11.5. The summed E-state index contributed by atoms with van der Waals surface area (Å²) in [5.41, 5.74) is 4.23. The van der Waals surface area contributed by atoms with Crippen LogP contribution < -0.4 is 0 Å². The van der Waals surface area contributed by atoms with Gasteiger partial charge >= 0.3 is 6.16 Å². The van der Waals surface area contributed by atoms with Crippen LogP contribution in [0.25, 0.3) is 22.8 Å². The van der Waals surface area contributed by atoms with Crippen molar-refractivity contribution >= 4 is 17.8 Å². The third-order valence-corrected chi connectivity index (χ3v) is 7.67. The molecule has 0 bridgehead atoms. The summed E-state index contributed by atoms with van der Waals surface area (Å²) < 4.78 is 11.0. The quantitative estimate of drug-likeness (QED) is 0.220. The van der Waals surface area contributed by atoms with Crippen LogP contribution in [-0.4, -0.2) is 50.0 Å². The van der Waals surface area contributed by atoms with Crippen molar-refractivity contribution in [1.29, 1.82) is 0 Å². The van der Waals surface area contributed by atoms with Crippen molar-refractivity contribution in [2.75, 3.05) is 13.1 Å². The van der Waals surface area contributed by atoms with Gasteiger partial charge in [0.2, 0.25) is 5.82 Å². The third kappa shape index (κ3) is 6.87. The highest BCUT2D eigenvalue weighted by molar-refractivity contribution is 6.31. The van der Waals surface area contributed by atoms with Gasteiger partial charge in [0.05, 0.1) is 0 Å². The molecule has 0 atom stereocenters. The van der Waals surface area contributed by atoms with Crippen LogP contribution in [0.3, 0.4) is 0 Å². The Kier molecular flexibility index (Phi) is 8.47. The number of hydrogen-bond donors (Lipinski definition) is 1. The van der Waals surface area contributed by atoms with Crippen molar-refractivity contribution in [2.24, 2.45) is 5.92 Å². The zero-order valence-electron chi connectivity index (χ0n) is 22.7. The Morgan fingerprint density at radius 3 is 2.40 bits per heavy atom. The van der Waals surface area contributed by atoms with Gasteiger partial charge in [-0.3, -0.25) is 9.88 Å². The first kappa shape index (κ1) is 27.8. The minimum absolute atomic E-state index is 0.434. The monoisotopic (exact) mass is 560 g/mol. The molecular formula is C31H33ClN4O4. The number of nitrogens with zero attached hydrogens (tertiary/aromatic N) is 4. The smallest absolute Gasteiger partial charge is 0.450 e. The van der Waals surface area contributed by atoms with Gasteiger partial charge in [-0.2, -0.15) is 4.98 Å². The summed E-state index contributed by atoms with van der Waals surface area (Å²) in [7, 11) is 0. The second kappa shape index (κ2) is 12.2. The minimum Gasteiger partial charge on any atom is -0.450 e. The second-order valence-corrected chi connectivity index (χ2v) is 11.3. The van der Waals surface area contributed by atoms with Gasteiger partial charge in [-0.15, -0.1) is 0 Å². The fourth-order valence-corrected chi connectivity index (χ4v) is 5.51. The van der Waals surface area contributed by atoms with Crippen molar-refractivity contribution in [1.82, 2.24) is 20.0 Å². The van der Waals surface area contributed by atoms with Gasteiger partial charge in [0.1, 0.15) is 5.60 Å². The number of likely N-dealkylation sites (tertiary alicyclic amines) is 1. The molecule has 0 amide bonds. The SMILES string of the molecule is CC(C)Cc1ccc(-c2nc(-c3ccc(CN4CCC(Cc5ccncc5)(OC(=O)O)CC4)cc3)no2)cc1Cl. The second-order valence-electron chi connectivity index (χ2n) is 10.9. The number of rotatable bonds is 9. The summed E-state index contributed by atoms with van der Waals surface area (Å²) >= 11 is 6.49. The molecule has 0 aliphatic carbocycles. The number of carboxylic acid groups (broad SMARTS) is 1. The zero-order chi connectivity index (χ0) is 28.1. The average Bonchev–Trinajstić information content (AvgIpc) is 3.42. The summed E-state index contributed by atoms with van der Waals surface area (Å²) in [6.45, 7) is 6.58. The fourth-order valence-electron chi connectivity index (χ4n) is 5.25. The van der Waals surface area contributed by atoms with Crippen LogP contribution in [-0.2, 0) is 24.1 Å². The molecule has 5 rings (SSSR count). The van der Waals surface area contributed by atoms with Crippen molar-refractivity contribution in [3.63, 3.8) is 0 Å². The summed E-state index contributed by atoms with van der Waals surface area (Å²) in [6.07, 6.45) is 4.94. The lowest BCUT2D eigenvalue weighted by Crippen LogP contribution is -2.48. The van der Waals surface area contributed by atoms with Crippen LogP contribution in [0.2, 0.25) is 5.02 Å². The highest BCUT2D eigenvalue weighted by Crippen LogP contribution is 2.32. The Hall–Kier alpha value is -3.75. The molecule has 9 heteroatoms. The van der Waals surface area contributed by atoms with Crippen molar-refractivity contribution in [3.8, 4) is 22.8 Å². The number of aromatic nitrogens is 3. The summed E-state index contributed by atoms with van der Waals surface area (Å²) in [6, 6.07) is 17.8. The van der Waals surface area contributed by atoms with Crippen LogP contribution in [0.15, 0.2) is 71.5 Å². The van der Waals surface area contributed by atoms with E-state index in [0.717, 1.165) is 53.9 Å². The molecule has 0 saturated carbocycles. The zero-order valence-corrected chi connectivity index (χ0v) is 23.5. The molecule has 4 aromatic rings. The molecule has 8 nitrogen and oxygen atoms in total. The normalized spacial score (nSPS) is 15.3. The Morgan fingerprint density at radius 1 is 1.05 bits per heavy atom. The molecule has 0 radical (unpaired) electrons. The molecule has 1 aliphatic heterocycles. The third-order valence-electron chi connectivity index (χ3n) is 7.32. The van der Waals surface area contributed by atoms with E-state index in [9.17, 15) is 9.90 Å². The average molecular weight is 561 g/mol. The molecule has 0 spiro atoms. The molecule has 208 valence electrons. The number of pyridine rings is 1. The van der Waals surface area contributed by atoms with Crippen LogP contribution in [0.5, 0.6) is 0 Å². The molecular weight excluding hydrogens is 528 g/mol. The van der Waals surface area contributed by atoms with E-state index in [1.807, 2.05) is 42.5 Å². The van der Waals surface area contributed by atoms with E-state index in [4.69, 9.17) is 20.9 Å². The largest absolute Gasteiger partial charge is 0.506 e. The summed E-state index contributed by atoms with van der Waals surface area (Å²) in [4.78, 5) is 22.4. The first-order valence-corrected chi connectivity index (χ1v) is 13.9. The number of carbonyl (C=O) groups is 1. The summed E-state index contributed by atoms with van der Waals surface area (Å²) in [5, 5.41) is 14.3.